The van der Waals surface area contributed by atoms with E-state index in [1.165, 1.54) is 13.0 Å². The van der Waals surface area contributed by atoms with Crippen LogP contribution in [0.25, 0.3) is 5.70 Å². The Labute approximate surface area is 118 Å². The van der Waals surface area contributed by atoms with E-state index in [1.54, 1.807) is 0 Å². The molecule has 0 aromatic heterocycles. The van der Waals surface area contributed by atoms with Gasteiger partial charge < -0.3 is 15.2 Å². The lowest BCUT2D eigenvalue weighted by Crippen LogP contribution is -2.07. The number of ether oxygens (including phenoxy) is 2. The van der Waals surface area contributed by atoms with Crippen molar-refractivity contribution in [1.82, 2.24) is 0 Å². The number of hydrogen-bond donors (Lipinski definition) is 1. The molecule has 1 heterocycles. The maximum absolute atomic E-state index is 11.1. The SMILES string of the molecule is C=CCc1cc(C(N)=CC(C)=O)ccc1OCC1CO1. The van der Waals surface area contributed by atoms with E-state index in [1.807, 2.05) is 24.3 Å². The lowest BCUT2D eigenvalue weighted by Gasteiger charge is -2.12. The van der Waals surface area contributed by atoms with Gasteiger partial charge in [0.25, 0.3) is 0 Å². The minimum Gasteiger partial charge on any atom is -0.490 e. The van der Waals surface area contributed by atoms with E-state index in [4.69, 9.17) is 15.2 Å². The number of benzene rings is 1. The highest BCUT2D eigenvalue weighted by Crippen LogP contribution is 2.24. The first-order valence-electron chi connectivity index (χ1n) is 6.56. The third kappa shape index (κ3) is 3.96. The summed E-state index contributed by atoms with van der Waals surface area (Å²) >= 11 is 0. The molecule has 1 aliphatic heterocycles. The van der Waals surface area contributed by atoms with Gasteiger partial charge in [-0.1, -0.05) is 6.08 Å². The summed E-state index contributed by atoms with van der Waals surface area (Å²) < 4.78 is 10.9. The predicted molar refractivity (Wildman–Crippen MR) is 78.4 cm³/mol. The molecule has 20 heavy (non-hydrogen) atoms. The van der Waals surface area contributed by atoms with Crippen molar-refractivity contribution in [2.24, 2.45) is 5.73 Å². The molecule has 4 heteroatoms. The molecule has 0 spiro atoms. The summed E-state index contributed by atoms with van der Waals surface area (Å²) in [6.45, 7) is 6.55. The summed E-state index contributed by atoms with van der Waals surface area (Å²) in [5.74, 6) is 0.735. The fraction of sp³-hybridized carbons (Fsp3) is 0.312. The Balaban J connectivity index is 2.20. The summed E-state index contributed by atoms with van der Waals surface area (Å²) in [4.78, 5) is 11.1. The van der Waals surface area contributed by atoms with E-state index in [0.717, 1.165) is 23.5 Å². The molecule has 1 unspecified atom stereocenters. The van der Waals surface area contributed by atoms with Crippen molar-refractivity contribution >= 4 is 11.5 Å². The van der Waals surface area contributed by atoms with Crippen molar-refractivity contribution in [1.29, 1.82) is 0 Å². The highest BCUT2D eigenvalue weighted by Gasteiger charge is 2.23. The normalized spacial score (nSPS) is 17.6. The fourth-order valence-electron chi connectivity index (χ4n) is 1.86. The second kappa shape index (κ2) is 6.39. The third-order valence-electron chi connectivity index (χ3n) is 2.94. The van der Waals surface area contributed by atoms with Crippen molar-refractivity contribution < 1.29 is 14.3 Å². The summed E-state index contributed by atoms with van der Waals surface area (Å²) in [6, 6.07) is 5.65. The Kier molecular flexibility index (Phi) is 4.58. The van der Waals surface area contributed by atoms with Crippen molar-refractivity contribution in [3.8, 4) is 5.75 Å². The van der Waals surface area contributed by atoms with Crippen molar-refractivity contribution in [2.45, 2.75) is 19.4 Å². The topological polar surface area (TPSA) is 64.9 Å². The quantitative estimate of drug-likeness (QED) is 0.469. The Morgan fingerprint density at radius 2 is 2.35 bits per heavy atom. The number of hydrogen-bond acceptors (Lipinski definition) is 4. The first-order valence-corrected chi connectivity index (χ1v) is 6.56. The highest BCUT2D eigenvalue weighted by molar-refractivity contribution is 5.94. The van der Waals surface area contributed by atoms with Gasteiger partial charge in [0.2, 0.25) is 0 Å². The standard InChI is InChI=1S/C16H19NO3/c1-3-4-13-8-12(15(17)7-11(2)18)5-6-16(13)20-10-14-9-19-14/h3,5-8,14H,1,4,9-10,17H2,2H3. The fourth-order valence-corrected chi connectivity index (χ4v) is 1.86. The number of ketones is 1. The Morgan fingerprint density at radius 3 is 2.95 bits per heavy atom. The molecule has 1 atom stereocenters. The lowest BCUT2D eigenvalue weighted by molar-refractivity contribution is -0.112. The van der Waals surface area contributed by atoms with Crippen molar-refractivity contribution in [2.75, 3.05) is 13.2 Å². The van der Waals surface area contributed by atoms with Gasteiger partial charge in [0.15, 0.2) is 5.78 Å². The van der Waals surface area contributed by atoms with Crippen LogP contribution in [0.1, 0.15) is 18.1 Å². The number of carbonyl (C=O) groups is 1. The maximum atomic E-state index is 11.1. The van der Waals surface area contributed by atoms with Gasteiger partial charge in [0.05, 0.1) is 6.61 Å². The van der Waals surface area contributed by atoms with E-state index in [2.05, 4.69) is 6.58 Å². The van der Waals surface area contributed by atoms with E-state index < -0.39 is 0 Å². The smallest absolute Gasteiger partial charge is 0.154 e. The predicted octanol–water partition coefficient (Wildman–Crippen LogP) is 2.08. The van der Waals surface area contributed by atoms with Crippen LogP contribution in [0.5, 0.6) is 5.75 Å². The van der Waals surface area contributed by atoms with E-state index >= 15 is 0 Å². The minimum absolute atomic E-state index is 0.0704. The van der Waals surface area contributed by atoms with Crippen LogP contribution in [0, 0.1) is 0 Å². The van der Waals surface area contributed by atoms with Crippen molar-refractivity contribution in [3.05, 3.63) is 48.1 Å². The number of nitrogens with two attached hydrogens (primary N) is 1. The van der Waals surface area contributed by atoms with Crippen LogP contribution in [0.15, 0.2) is 36.9 Å². The van der Waals surface area contributed by atoms with E-state index in [9.17, 15) is 4.79 Å². The average molecular weight is 273 g/mol. The second-order valence-electron chi connectivity index (χ2n) is 4.79. The number of epoxide rings is 1. The van der Waals surface area contributed by atoms with Crippen LogP contribution in [0.2, 0.25) is 0 Å². The van der Waals surface area contributed by atoms with Gasteiger partial charge in [0, 0.05) is 11.8 Å². The second-order valence-corrected chi connectivity index (χ2v) is 4.79. The van der Waals surface area contributed by atoms with Gasteiger partial charge in [0.1, 0.15) is 18.5 Å². The van der Waals surface area contributed by atoms with Crippen LogP contribution in [0.3, 0.4) is 0 Å². The zero-order valence-corrected chi connectivity index (χ0v) is 11.6. The summed E-state index contributed by atoms with van der Waals surface area (Å²) in [5, 5.41) is 0. The molecule has 0 radical (unpaired) electrons. The minimum atomic E-state index is -0.0704. The molecular weight excluding hydrogens is 254 g/mol. The van der Waals surface area contributed by atoms with Crippen molar-refractivity contribution in [3.63, 3.8) is 0 Å². The van der Waals surface area contributed by atoms with Crippen LogP contribution < -0.4 is 10.5 Å². The Morgan fingerprint density at radius 1 is 1.60 bits per heavy atom. The number of allylic oxidation sites excluding steroid dienone is 2. The van der Waals surface area contributed by atoms with Gasteiger partial charge in [-0.15, -0.1) is 6.58 Å². The number of rotatable bonds is 7. The van der Waals surface area contributed by atoms with Gasteiger partial charge in [-0.3, -0.25) is 4.79 Å². The largest absolute Gasteiger partial charge is 0.490 e. The van der Waals surface area contributed by atoms with Crippen LogP contribution in [0.4, 0.5) is 0 Å². The highest BCUT2D eigenvalue weighted by atomic mass is 16.6. The Hall–Kier alpha value is -2.07. The van der Waals surface area contributed by atoms with Crippen LogP contribution in [-0.4, -0.2) is 25.1 Å². The molecule has 4 nitrogen and oxygen atoms in total. The maximum Gasteiger partial charge on any atom is 0.154 e. The molecular formula is C16H19NO3. The zero-order chi connectivity index (χ0) is 14.5. The zero-order valence-electron chi connectivity index (χ0n) is 11.6. The molecule has 1 saturated heterocycles. The summed E-state index contributed by atoms with van der Waals surface area (Å²) in [6.07, 6.45) is 4.13. The number of carbonyl (C=O) groups excluding carboxylic acids is 1. The molecule has 0 aliphatic carbocycles. The summed E-state index contributed by atoms with van der Waals surface area (Å²) in [7, 11) is 0. The van der Waals surface area contributed by atoms with Gasteiger partial charge in [-0.05, 0) is 42.7 Å². The molecule has 2 rings (SSSR count). The van der Waals surface area contributed by atoms with E-state index in [0.29, 0.717) is 18.7 Å². The molecule has 0 bridgehead atoms. The first-order chi connectivity index (χ1) is 9.60. The van der Waals surface area contributed by atoms with Crippen LogP contribution in [-0.2, 0) is 16.0 Å². The van der Waals surface area contributed by atoms with Gasteiger partial charge >= 0.3 is 0 Å². The molecule has 1 fully saturated rings. The molecule has 1 aliphatic rings. The summed E-state index contributed by atoms with van der Waals surface area (Å²) in [5.41, 5.74) is 8.17. The lowest BCUT2D eigenvalue weighted by atomic mass is 10.0. The average Bonchev–Trinajstić information content (AvgIpc) is 3.20. The Bertz CT molecular complexity index is 545. The van der Waals surface area contributed by atoms with E-state index in [-0.39, 0.29) is 11.9 Å². The van der Waals surface area contributed by atoms with Crippen LogP contribution >= 0.6 is 0 Å². The van der Waals surface area contributed by atoms with Gasteiger partial charge in [-0.25, -0.2) is 0 Å². The molecule has 0 amide bonds. The monoisotopic (exact) mass is 273 g/mol. The van der Waals surface area contributed by atoms with Gasteiger partial charge in [-0.2, -0.15) is 0 Å². The molecule has 1 aromatic rings. The first kappa shape index (κ1) is 14.3. The molecule has 0 saturated carbocycles. The molecule has 1 aromatic carbocycles. The molecule has 106 valence electrons. The third-order valence-corrected chi connectivity index (χ3v) is 2.94. The molecule has 2 N–H and O–H groups in total.